The third-order valence-corrected chi connectivity index (χ3v) is 5.03. The molecular formula is C16H20N2O6S. The lowest BCUT2D eigenvalue weighted by molar-refractivity contribution is -0.135. The Balaban J connectivity index is 1.89. The van der Waals surface area contributed by atoms with Gasteiger partial charge in [0, 0.05) is 23.9 Å². The molecule has 8 nitrogen and oxygen atoms in total. The molecule has 1 aromatic rings. The standard InChI is InChI=1S/C16H20N2O6S/c1-25(23,24)10-16(6-7-16)8-13(19)18-12-4-2-11(3-5-12)15(22)17-9-14(20)21/h2-5H,6-10H2,1H3,(H,17,22)(H,18,19)(H,20,21). The van der Waals surface area contributed by atoms with Gasteiger partial charge in [0.25, 0.3) is 5.91 Å². The van der Waals surface area contributed by atoms with Crippen LogP contribution in [-0.4, -0.2) is 49.9 Å². The zero-order chi connectivity index (χ0) is 18.7. The normalized spacial score (nSPS) is 15.2. The molecule has 1 aliphatic rings. The lowest BCUT2D eigenvalue weighted by Crippen LogP contribution is -2.29. The first-order chi connectivity index (χ1) is 11.6. The number of rotatable bonds is 8. The molecule has 0 unspecified atom stereocenters. The van der Waals surface area contributed by atoms with Gasteiger partial charge in [-0.2, -0.15) is 0 Å². The van der Waals surface area contributed by atoms with Crippen molar-refractivity contribution in [1.82, 2.24) is 5.32 Å². The minimum absolute atomic E-state index is 0.0100. The maximum atomic E-state index is 12.1. The number of amides is 2. The van der Waals surface area contributed by atoms with Crippen LogP contribution in [0.1, 0.15) is 29.6 Å². The van der Waals surface area contributed by atoms with Gasteiger partial charge in [-0.25, -0.2) is 8.42 Å². The van der Waals surface area contributed by atoms with Gasteiger partial charge in [0.2, 0.25) is 5.91 Å². The van der Waals surface area contributed by atoms with E-state index in [-0.39, 0.29) is 23.6 Å². The number of sulfone groups is 1. The van der Waals surface area contributed by atoms with Crippen LogP contribution >= 0.6 is 0 Å². The number of nitrogens with one attached hydrogen (secondary N) is 2. The molecule has 1 saturated carbocycles. The Bertz CT molecular complexity index is 781. The first kappa shape index (κ1) is 18.9. The molecule has 0 bridgehead atoms. The van der Waals surface area contributed by atoms with Gasteiger partial charge in [0.05, 0.1) is 5.75 Å². The molecule has 2 amide bonds. The van der Waals surface area contributed by atoms with Gasteiger partial charge in [-0.05, 0) is 42.5 Å². The van der Waals surface area contributed by atoms with Gasteiger partial charge < -0.3 is 15.7 Å². The Morgan fingerprint density at radius 3 is 2.24 bits per heavy atom. The SMILES string of the molecule is CS(=O)(=O)CC1(CC(=O)Nc2ccc(C(=O)NCC(=O)O)cc2)CC1. The van der Waals surface area contributed by atoms with E-state index in [2.05, 4.69) is 10.6 Å². The Morgan fingerprint density at radius 2 is 1.76 bits per heavy atom. The van der Waals surface area contributed by atoms with Gasteiger partial charge in [0.15, 0.2) is 0 Å². The highest BCUT2D eigenvalue weighted by Crippen LogP contribution is 2.49. The van der Waals surface area contributed by atoms with E-state index in [1.54, 1.807) is 0 Å². The maximum absolute atomic E-state index is 12.1. The zero-order valence-electron chi connectivity index (χ0n) is 13.7. The van der Waals surface area contributed by atoms with Gasteiger partial charge in [-0.3, -0.25) is 14.4 Å². The van der Waals surface area contributed by atoms with Crippen LogP contribution in [0.25, 0.3) is 0 Å². The van der Waals surface area contributed by atoms with Crippen LogP contribution in [0.2, 0.25) is 0 Å². The van der Waals surface area contributed by atoms with Crippen LogP contribution in [0.15, 0.2) is 24.3 Å². The van der Waals surface area contributed by atoms with Gasteiger partial charge in [0.1, 0.15) is 16.4 Å². The molecule has 25 heavy (non-hydrogen) atoms. The first-order valence-electron chi connectivity index (χ1n) is 7.66. The Kier molecular flexibility index (Phi) is 5.46. The molecule has 1 aliphatic carbocycles. The van der Waals surface area contributed by atoms with Crippen LogP contribution in [0.4, 0.5) is 5.69 Å². The number of benzene rings is 1. The number of hydrogen-bond acceptors (Lipinski definition) is 5. The molecular weight excluding hydrogens is 348 g/mol. The zero-order valence-corrected chi connectivity index (χ0v) is 14.6. The summed E-state index contributed by atoms with van der Waals surface area (Å²) >= 11 is 0. The summed E-state index contributed by atoms with van der Waals surface area (Å²) in [6.07, 6.45) is 2.74. The molecule has 0 atom stereocenters. The smallest absolute Gasteiger partial charge is 0.322 e. The van der Waals surface area contributed by atoms with E-state index in [0.29, 0.717) is 5.69 Å². The van der Waals surface area contributed by atoms with Crippen molar-refractivity contribution in [2.24, 2.45) is 5.41 Å². The monoisotopic (exact) mass is 368 g/mol. The van der Waals surface area contributed by atoms with E-state index >= 15 is 0 Å². The second-order valence-corrected chi connectivity index (χ2v) is 8.59. The van der Waals surface area contributed by atoms with Gasteiger partial charge in [-0.1, -0.05) is 0 Å². The van der Waals surface area contributed by atoms with Crippen molar-refractivity contribution in [3.8, 4) is 0 Å². The third-order valence-electron chi connectivity index (χ3n) is 3.89. The Labute approximate surface area is 145 Å². The summed E-state index contributed by atoms with van der Waals surface area (Å²) < 4.78 is 22.8. The fourth-order valence-corrected chi connectivity index (χ4v) is 4.12. The minimum Gasteiger partial charge on any atom is -0.480 e. The largest absolute Gasteiger partial charge is 0.480 e. The van der Waals surface area contributed by atoms with Crippen LogP contribution in [0, 0.1) is 5.41 Å². The van der Waals surface area contributed by atoms with Crippen molar-refractivity contribution in [2.75, 3.05) is 23.9 Å². The van der Waals surface area contributed by atoms with E-state index in [4.69, 9.17) is 5.11 Å². The Hall–Kier alpha value is -2.42. The number of carbonyl (C=O) groups excluding carboxylic acids is 2. The molecule has 3 N–H and O–H groups in total. The van der Waals surface area contributed by atoms with E-state index in [1.165, 1.54) is 30.5 Å². The fraction of sp³-hybridized carbons (Fsp3) is 0.438. The predicted molar refractivity (Wildman–Crippen MR) is 91.0 cm³/mol. The van der Waals surface area contributed by atoms with Crippen molar-refractivity contribution in [3.05, 3.63) is 29.8 Å². The van der Waals surface area contributed by atoms with Crippen LogP contribution < -0.4 is 10.6 Å². The summed E-state index contributed by atoms with van der Waals surface area (Å²) in [5.41, 5.74) is 0.304. The topological polar surface area (TPSA) is 130 Å². The van der Waals surface area contributed by atoms with Gasteiger partial charge >= 0.3 is 5.97 Å². The highest BCUT2D eigenvalue weighted by atomic mass is 32.2. The highest BCUT2D eigenvalue weighted by Gasteiger charge is 2.46. The molecule has 0 heterocycles. The molecule has 0 aromatic heterocycles. The van der Waals surface area contributed by atoms with Crippen LogP contribution in [-0.2, 0) is 19.4 Å². The van der Waals surface area contributed by atoms with Crippen molar-refractivity contribution in [2.45, 2.75) is 19.3 Å². The minimum atomic E-state index is -3.13. The summed E-state index contributed by atoms with van der Waals surface area (Å²) in [5.74, 6) is -1.93. The van der Waals surface area contributed by atoms with Crippen molar-refractivity contribution >= 4 is 33.3 Å². The fourth-order valence-electron chi connectivity index (χ4n) is 2.61. The van der Waals surface area contributed by atoms with Crippen LogP contribution in [0.5, 0.6) is 0 Å². The van der Waals surface area contributed by atoms with Crippen molar-refractivity contribution in [3.63, 3.8) is 0 Å². The van der Waals surface area contributed by atoms with E-state index in [9.17, 15) is 22.8 Å². The number of aliphatic carboxylic acids is 1. The Morgan fingerprint density at radius 1 is 1.16 bits per heavy atom. The molecule has 0 radical (unpaired) electrons. The summed E-state index contributed by atoms with van der Waals surface area (Å²) in [7, 11) is -3.13. The lowest BCUT2D eigenvalue weighted by atomic mass is 10.1. The second kappa shape index (κ2) is 7.22. The van der Waals surface area contributed by atoms with Crippen molar-refractivity contribution < 1.29 is 27.9 Å². The summed E-state index contributed by atoms with van der Waals surface area (Å²) in [6.45, 7) is -0.472. The van der Waals surface area contributed by atoms with Crippen molar-refractivity contribution in [1.29, 1.82) is 0 Å². The quantitative estimate of drug-likeness (QED) is 0.618. The molecule has 0 saturated heterocycles. The van der Waals surface area contributed by atoms with Gasteiger partial charge in [-0.15, -0.1) is 0 Å². The summed E-state index contributed by atoms with van der Waals surface area (Å²) in [4.78, 5) is 34.2. The number of anilines is 1. The lowest BCUT2D eigenvalue weighted by Gasteiger charge is -2.13. The molecule has 0 aliphatic heterocycles. The molecule has 1 fully saturated rings. The number of hydrogen-bond donors (Lipinski definition) is 3. The summed E-state index contributed by atoms with van der Waals surface area (Å²) in [6, 6.07) is 6.00. The molecule has 1 aromatic carbocycles. The molecule has 0 spiro atoms. The van der Waals surface area contributed by atoms with Crippen LogP contribution in [0.3, 0.4) is 0 Å². The molecule has 9 heteroatoms. The summed E-state index contributed by atoms with van der Waals surface area (Å²) in [5, 5.41) is 13.4. The molecule has 2 rings (SSSR count). The average Bonchev–Trinajstić information content (AvgIpc) is 3.22. The average molecular weight is 368 g/mol. The van der Waals surface area contributed by atoms with E-state index in [0.717, 1.165) is 12.8 Å². The van der Waals surface area contributed by atoms with E-state index < -0.39 is 33.7 Å². The maximum Gasteiger partial charge on any atom is 0.322 e. The number of carboxylic acid groups (broad SMARTS) is 1. The second-order valence-electron chi connectivity index (χ2n) is 6.45. The van der Waals surface area contributed by atoms with E-state index in [1.807, 2.05) is 0 Å². The number of carbonyl (C=O) groups is 3. The third kappa shape index (κ3) is 6.18. The molecule has 136 valence electrons. The highest BCUT2D eigenvalue weighted by molar-refractivity contribution is 7.90. The first-order valence-corrected chi connectivity index (χ1v) is 9.72. The predicted octanol–water partition coefficient (Wildman–Crippen LogP) is 0.654. The number of carboxylic acids is 1.